The highest BCUT2D eigenvalue weighted by atomic mass is 35.5. The molecule has 1 aliphatic carbocycles. The molecule has 2 atom stereocenters. The average molecular weight is 444 g/mol. The van der Waals surface area contributed by atoms with Crippen LogP contribution in [-0.2, 0) is 14.4 Å². The van der Waals surface area contributed by atoms with Crippen molar-refractivity contribution >= 4 is 68.7 Å². The molecule has 2 unspecified atom stereocenters. The third kappa shape index (κ3) is 3.63. The molecule has 0 aromatic carbocycles. The molecule has 2 fully saturated rings. The van der Waals surface area contributed by atoms with E-state index < -0.39 is 5.91 Å². The Labute approximate surface area is 173 Å². The van der Waals surface area contributed by atoms with Crippen LogP contribution in [0.15, 0.2) is 11.4 Å². The molecule has 27 heavy (non-hydrogen) atoms. The number of amides is 3. The lowest BCUT2D eigenvalue weighted by Gasteiger charge is -2.19. The minimum Gasteiger partial charge on any atom is -0.300 e. The van der Waals surface area contributed by atoms with Gasteiger partial charge in [-0.3, -0.25) is 19.3 Å². The van der Waals surface area contributed by atoms with Crippen LogP contribution in [0.25, 0.3) is 11.3 Å². The smallest absolute Gasteiger partial charge is 0.246 e. The molecule has 142 valence electrons. The summed E-state index contributed by atoms with van der Waals surface area (Å²) >= 11 is 14.6. The average Bonchev–Trinajstić information content (AvgIpc) is 3.29. The van der Waals surface area contributed by atoms with Gasteiger partial charge in [-0.05, 0) is 18.9 Å². The second-order valence-electron chi connectivity index (χ2n) is 6.58. The quantitative estimate of drug-likeness (QED) is 0.714. The summed E-state index contributed by atoms with van der Waals surface area (Å²) in [5.74, 6) is -1.39. The van der Waals surface area contributed by atoms with Gasteiger partial charge in [-0.15, -0.1) is 22.7 Å². The number of thiophene rings is 1. The number of imide groups is 1. The largest absolute Gasteiger partial charge is 0.300 e. The van der Waals surface area contributed by atoms with Crippen LogP contribution in [0.1, 0.15) is 25.7 Å². The fraction of sp³-hybridized carbons (Fsp3) is 0.412. The Bertz CT molecular complexity index is 902. The van der Waals surface area contributed by atoms with E-state index in [1.54, 1.807) is 11.4 Å². The number of anilines is 1. The number of nitrogens with zero attached hydrogens (tertiary/aromatic N) is 2. The Balaban J connectivity index is 1.42. The van der Waals surface area contributed by atoms with Crippen LogP contribution in [0, 0.1) is 11.8 Å². The van der Waals surface area contributed by atoms with Gasteiger partial charge in [0.2, 0.25) is 17.7 Å². The molecule has 0 spiro atoms. The molecule has 4 rings (SSSR count). The Kier molecular flexibility index (Phi) is 5.24. The maximum atomic E-state index is 12.5. The van der Waals surface area contributed by atoms with Crippen LogP contribution < -0.4 is 5.32 Å². The highest BCUT2D eigenvalue weighted by Gasteiger charge is 2.48. The summed E-state index contributed by atoms with van der Waals surface area (Å²) in [6.45, 7) is -0.273. The van der Waals surface area contributed by atoms with Crippen molar-refractivity contribution in [2.75, 3.05) is 11.9 Å². The van der Waals surface area contributed by atoms with Gasteiger partial charge < -0.3 is 5.32 Å². The number of halogens is 2. The second-order valence-corrected chi connectivity index (χ2v) is 9.73. The van der Waals surface area contributed by atoms with E-state index in [4.69, 9.17) is 23.2 Å². The molecule has 10 heteroatoms. The van der Waals surface area contributed by atoms with Crippen LogP contribution in [-0.4, -0.2) is 34.2 Å². The van der Waals surface area contributed by atoms with Gasteiger partial charge in [0.05, 0.1) is 21.9 Å². The van der Waals surface area contributed by atoms with Crippen LogP contribution in [0.2, 0.25) is 8.67 Å². The Morgan fingerprint density at radius 3 is 2.48 bits per heavy atom. The number of fused-ring (bicyclic) bond motifs is 1. The Hall–Kier alpha value is -1.48. The fourth-order valence-electron chi connectivity index (χ4n) is 3.66. The van der Waals surface area contributed by atoms with Crippen molar-refractivity contribution in [3.8, 4) is 11.3 Å². The summed E-state index contributed by atoms with van der Waals surface area (Å²) in [7, 11) is 0. The van der Waals surface area contributed by atoms with Crippen LogP contribution in [0.4, 0.5) is 5.13 Å². The SMILES string of the molecule is O=C(CN1C(=O)C2CCCCC2C1=O)Nc1nc(-c2cc(Cl)sc2Cl)cs1. The summed E-state index contributed by atoms with van der Waals surface area (Å²) in [5, 5.41) is 4.80. The maximum Gasteiger partial charge on any atom is 0.246 e. The Morgan fingerprint density at radius 1 is 1.22 bits per heavy atom. The van der Waals surface area contributed by atoms with Gasteiger partial charge in [0, 0.05) is 10.9 Å². The molecule has 1 saturated heterocycles. The number of likely N-dealkylation sites (tertiary alicyclic amines) is 1. The molecule has 6 nitrogen and oxygen atoms in total. The predicted octanol–water partition coefficient (Wildman–Crippen LogP) is 4.29. The van der Waals surface area contributed by atoms with E-state index in [-0.39, 0.29) is 30.2 Å². The summed E-state index contributed by atoms with van der Waals surface area (Å²) in [5.41, 5.74) is 1.32. The summed E-state index contributed by atoms with van der Waals surface area (Å²) in [4.78, 5) is 42.7. The van der Waals surface area contributed by atoms with E-state index in [2.05, 4.69) is 10.3 Å². The minimum absolute atomic E-state index is 0.223. The number of nitrogens with one attached hydrogen (secondary N) is 1. The summed E-state index contributed by atoms with van der Waals surface area (Å²) < 4.78 is 1.08. The first-order valence-electron chi connectivity index (χ1n) is 8.50. The number of hydrogen-bond donors (Lipinski definition) is 1. The first kappa shape index (κ1) is 18.9. The summed E-state index contributed by atoms with van der Waals surface area (Å²) in [6.07, 6.45) is 3.37. The monoisotopic (exact) mass is 443 g/mol. The number of carbonyl (C=O) groups is 3. The van der Waals surface area contributed by atoms with Gasteiger partial charge in [0.15, 0.2) is 5.13 Å². The molecule has 0 bridgehead atoms. The number of aromatic nitrogens is 1. The van der Waals surface area contributed by atoms with Gasteiger partial charge in [-0.2, -0.15) is 0 Å². The topological polar surface area (TPSA) is 79.4 Å². The zero-order valence-electron chi connectivity index (χ0n) is 14.0. The molecule has 1 saturated carbocycles. The van der Waals surface area contributed by atoms with Crippen molar-refractivity contribution in [3.63, 3.8) is 0 Å². The van der Waals surface area contributed by atoms with Gasteiger partial charge >= 0.3 is 0 Å². The van der Waals surface area contributed by atoms with Crippen LogP contribution in [0.3, 0.4) is 0 Å². The third-order valence-corrected chi connectivity index (χ3v) is 7.16. The Morgan fingerprint density at radius 2 is 1.89 bits per heavy atom. The molecule has 0 radical (unpaired) electrons. The first-order valence-corrected chi connectivity index (χ1v) is 10.9. The van der Waals surface area contributed by atoms with Crippen molar-refractivity contribution in [3.05, 3.63) is 20.1 Å². The third-order valence-electron chi connectivity index (χ3n) is 4.92. The zero-order valence-corrected chi connectivity index (χ0v) is 17.2. The standard InChI is InChI=1S/C17H15Cl2N3O3S2/c18-12-5-10(14(19)27-12)11-7-26-17(20-11)21-13(23)6-22-15(24)8-3-1-2-4-9(8)16(22)25/h5,7-9H,1-4,6H2,(H,20,21,23). The van der Waals surface area contributed by atoms with E-state index in [0.29, 0.717) is 25.1 Å². The van der Waals surface area contributed by atoms with Crippen molar-refractivity contribution in [1.82, 2.24) is 9.88 Å². The molecule has 2 aromatic heterocycles. The summed E-state index contributed by atoms with van der Waals surface area (Å²) in [6, 6.07) is 1.72. The molecule has 1 N–H and O–H groups in total. The predicted molar refractivity (Wildman–Crippen MR) is 106 cm³/mol. The number of carbonyl (C=O) groups excluding carboxylic acids is 3. The van der Waals surface area contributed by atoms with Crippen molar-refractivity contribution in [2.45, 2.75) is 25.7 Å². The van der Waals surface area contributed by atoms with E-state index in [0.717, 1.165) is 30.6 Å². The van der Waals surface area contributed by atoms with Crippen molar-refractivity contribution in [2.24, 2.45) is 11.8 Å². The molecule has 2 aliphatic rings. The zero-order chi connectivity index (χ0) is 19.1. The van der Waals surface area contributed by atoms with E-state index in [1.165, 1.54) is 22.7 Å². The lowest BCUT2D eigenvalue weighted by atomic mass is 9.81. The second kappa shape index (κ2) is 7.50. The minimum atomic E-state index is -0.439. The molecular formula is C17H15Cl2N3O3S2. The normalized spacial score (nSPS) is 22.2. The van der Waals surface area contributed by atoms with Gasteiger partial charge in [0.1, 0.15) is 10.9 Å². The molecule has 3 heterocycles. The van der Waals surface area contributed by atoms with E-state index in [1.807, 2.05) is 0 Å². The maximum absolute atomic E-state index is 12.5. The molecular weight excluding hydrogens is 429 g/mol. The van der Waals surface area contributed by atoms with Crippen molar-refractivity contribution in [1.29, 1.82) is 0 Å². The molecule has 1 aliphatic heterocycles. The van der Waals surface area contributed by atoms with E-state index >= 15 is 0 Å². The highest BCUT2D eigenvalue weighted by Crippen LogP contribution is 2.39. The van der Waals surface area contributed by atoms with E-state index in [9.17, 15) is 14.4 Å². The lowest BCUT2D eigenvalue weighted by Crippen LogP contribution is -2.38. The number of hydrogen-bond acceptors (Lipinski definition) is 6. The van der Waals surface area contributed by atoms with Crippen LogP contribution in [0.5, 0.6) is 0 Å². The van der Waals surface area contributed by atoms with Gasteiger partial charge in [-0.25, -0.2) is 4.98 Å². The van der Waals surface area contributed by atoms with Crippen molar-refractivity contribution < 1.29 is 14.4 Å². The van der Waals surface area contributed by atoms with Gasteiger partial charge in [0.25, 0.3) is 0 Å². The number of thiazole rings is 1. The highest BCUT2D eigenvalue weighted by molar-refractivity contribution is 7.20. The van der Waals surface area contributed by atoms with Crippen LogP contribution >= 0.6 is 45.9 Å². The lowest BCUT2D eigenvalue weighted by molar-refractivity contribution is -0.142. The molecule has 2 aromatic rings. The first-order chi connectivity index (χ1) is 12.9. The fourth-order valence-corrected chi connectivity index (χ4v) is 5.87. The van der Waals surface area contributed by atoms with Gasteiger partial charge in [-0.1, -0.05) is 36.0 Å². The number of rotatable bonds is 4. The molecule has 3 amide bonds.